The summed E-state index contributed by atoms with van der Waals surface area (Å²) >= 11 is 0. The van der Waals surface area contributed by atoms with Crippen LogP contribution < -0.4 is 11.1 Å². The van der Waals surface area contributed by atoms with E-state index in [1.54, 1.807) is 0 Å². The van der Waals surface area contributed by atoms with Crippen LogP contribution in [0.15, 0.2) is 24.3 Å². The third-order valence-electron chi connectivity index (χ3n) is 5.96. The van der Waals surface area contributed by atoms with Gasteiger partial charge in [-0.25, -0.2) is 0 Å². The topological polar surface area (TPSA) is 67.6 Å². The number of nitrogens with zero attached hydrogens (tertiary/aromatic N) is 1. The highest BCUT2D eigenvalue weighted by molar-refractivity contribution is 5.85. The Morgan fingerprint density at radius 2 is 1.86 bits per heavy atom. The van der Waals surface area contributed by atoms with Gasteiger partial charge in [0.1, 0.15) is 0 Å². The molecule has 0 saturated carbocycles. The first-order valence-corrected chi connectivity index (χ1v) is 10.1. The molecule has 2 aliphatic rings. The van der Waals surface area contributed by atoms with Crippen LogP contribution in [0.4, 0.5) is 0 Å². The zero-order valence-electron chi connectivity index (χ0n) is 16.8. The first-order valence-electron chi connectivity index (χ1n) is 10.1. The Hall–Kier alpha value is -0.850. The first-order chi connectivity index (χ1) is 12.6. The molecule has 1 amide bonds. The number of piperidine rings is 1. The number of nitrogens with one attached hydrogen (secondary N) is 1. The van der Waals surface area contributed by atoms with Crippen molar-refractivity contribution in [2.75, 3.05) is 19.8 Å². The first kappa shape index (κ1) is 25.2. The Morgan fingerprint density at radius 3 is 2.54 bits per heavy atom. The molecule has 2 heterocycles. The molecule has 3 rings (SSSR count). The zero-order chi connectivity index (χ0) is 18.4. The van der Waals surface area contributed by atoms with Crippen LogP contribution in [0.3, 0.4) is 0 Å². The third-order valence-corrected chi connectivity index (χ3v) is 5.96. The Labute approximate surface area is 181 Å². The van der Waals surface area contributed by atoms with E-state index in [0.29, 0.717) is 25.8 Å². The SMILES string of the molecule is CC1CCCCN1Cc1ccccc1CNC(=O)C(N)C1CCOCC1.Cl.Cl. The monoisotopic (exact) mass is 431 g/mol. The van der Waals surface area contributed by atoms with Gasteiger partial charge in [-0.3, -0.25) is 9.69 Å². The molecule has 2 atom stereocenters. The van der Waals surface area contributed by atoms with E-state index < -0.39 is 6.04 Å². The lowest BCUT2D eigenvalue weighted by Crippen LogP contribution is -2.47. The minimum absolute atomic E-state index is 0. The van der Waals surface area contributed by atoms with Gasteiger partial charge in [-0.1, -0.05) is 30.7 Å². The quantitative estimate of drug-likeness (QED) is 0.724. The molecule has 0 bridgehead atoms. The Morgan fingerprint density at radius 1 is 1.18 bits per heavy atom. The molecule has 0 aliphatic carbocycles. The van der Waals surface area contributed by atoms with Crippen molar-refractivity contribution in [3.63, 3.8) is 0 Å². The van der Waals surface area contributed by atoms with Crippen molar-refractivity contribution in [2.24, 2.45) is 11.7 Å². The van der Waals surface area contributed by atoms with E-state index in [1.807, 2.05) is 6.07 Å². The van der Waals surface area contributed by atoms with Gasteiger partial charge in [0.15, 0.2) is 0 Å². The molecule has 28 heavy (non-hydrogen) atoms. The fraction of sp³-hybridized carbons (Fsp3) is 0.667. The number of rotatable bonds is 6. The highest BCUT2D eigenvalue weighted by Gasteiger charge is 2.26. The molecular formula is C21H35Cl2N3O2. The summed E-state index contributed by atoms with van der Waals surface area (Å²) in [5, 5.41) is 3.06. The second kappa shape index (κ2) is 12.7. The Kier molecular flexibility index (Phi) is 11.4. The summed E-state index contributed by atoms with van der Waals surface area (Å²) in [7, 11) is 0. The molecule has 7 heteroatoms. The summed E-state index contributed by atoms with van der Waals surface area (Å²) < 4.78 is 5.36. The maximum Gasteiger partial charge on any atom is 0.237 e. The van der Waals surface area contributed by atoms with Gasteiger partial charge in [0.2, 0.25) is 5.91 Å². The van der Waals surface area contributed by atoms with Crippen molar-refractivity contribution in [1.82, 2.24) is 10.2 Å². The smallest absolute Gasteiger partial charge is 0.237 e. The minimum atomic E-state index is -0.437. The van der Waals surface area contributed by atoms with Crippen LogP contribution in [0.5, 0.6) is 0 Å². The molecule has 1 aromatic carbocycles. The van der Waals surface area contributed by atoms with Gasteiger partial charge >= 0.3 is 0 Å². The van der Waals surface area contributed by atoms with E-state index in [2.05, 4.69) is 35.3 Å². The fourth-order valence-electron chi connectivity index (χ4n) is 4.08. The molecule has 3 N–H and O–H groups in total. The van der Waals surface area contributed by atoms with Gasteiger partial charge in [0.05, 0.1) is 6.04 Å². The average Bonchev–Trinajstić information content (AvgIpc) is 2.69. The van der Waals surface area contributed by atoms with E-state index in [1.165, 1.54) is 30.4 Å². The number of hydrogen-bond acceptors (Lipinski definition) is 4. The van der Waals surface area contributed by atoms with Crippen LogP contribution in [0.1, 0.15) is 50.2 Å². The van der Waals surface area contributed by atoms with Crippen LogP contribution in [0.25, 0.3) is 0 Å². The molecule has 2 unspecified atom stereocenters. The number of benzene rings is 1. The van der Waals surface area contributed by atoms with E-state index in [4.69, 9.17) is 10.5 Å². The average molecular weight is 432 g/mol. The molecule has 5 nitrogen and oxygen atoms in total. The minimum Gasteiger partial charge on any atom is -0.381 e. The maximum atomic E-state index is 12.5. The third kappa shape index (κ3) is 6.89. The van der Waals surface area contributed by atoms with E-state index in [9.17, 15) is 4.79 Å². The number of likely N-dealkylation sites (tertiary alicyclic amines) is 1. The predicted octanol–water partition coefficient (Wildman–Crippen LogP) is 3.27. The molecule has 2 aliphatic heterocycles. The molecular weight excluding hydrogens is 397 g/mol. The highest BCUT2D eigenvalue weighted by Crippen LogP contribution is 2.21. The van der Waals surface area contributed by atoms with E-state index in [-0.39, 0.29) is 36.6 Å². The summed E-state index contributed by atoms with van der Waals surface area (Å²) in [6.45, 7) is 6.41. The van der Waals surface area contributed by atoms with Crippen LogP contribution >= 0.6 is 24.8 Å². The second-order valence-corrected chi connectivity index (χ2v) is 7.78. The molecule has 2 fully saturated rings. The molecule has 0 aromatic heterocycles. The standard InChI is InChI=1S/C21H33N3O2.2ClH/c1-16-6-4-5-11-24(16)15-19-8-3-2-7-18(19)14-23-21(25)20(22)17-9-12-26-13-10-17;;/h2-3,7-8,16-17,20H,4-6,9-15,22H2,1H3,(H,23,25);2*1H. The zero-order valence-corrected chi connectivity index (χ0v) is 18.4. The van der Waals surface area contributed by atoms with Crippen molar-refractivity contribution >= 4 is 30.7 Å². The van der Waals surface area contributed by atoms with Crippen molar-refractivity contribution in [1.29, 1.82) is 0 Å². The van der Waals surface area contributed by atoms with Gasteiger partial charge in [-0.05, 0) is 56.2 Å². The van der Waals surface area contributed by atoms with Crippen molar-refractivity contribution < 1.29 is 9.53 Å². The second-order valence-electron chi connectivity index (χ2n) is 7.78. The van der Waals surface area contributed by atoms with Crippen molar-refractivity contribution in [3.8, 4) is 0 Å². The summed E-state index contributed by atoms with van der Waals surface area (Å²) in [5.74, 6) is 0.186. The predicted molar refractivity (Wildman–Crippen MR) is 118 cm³/mol. The molecule has 1 aromatic rings. The number of carbonyl (C=O) groups is 1. The maximum absolute atomic E-state index is 12.5. The van der Waals surface area contributed by atoms with E-state index in [0.717, 1.165) is 25.9 Å². The largest absolute Gasteiger partial charge is 0.381 e. The number of hydrogen-bond donors (Lipinski definition) is 2. The lowest BCUT2D eigenvalue weighted by Gasteiger charge is -2.34. The summed E-state index contributed by atoms with van der Waals surface area (Å²) in [6, 6.07) is 8.62. The van der Waals surface area contributed by atoms with Gasteiger partial charge in [-0.2, -0.15) is 0 Å². The van der Waals surface area contributed by atoms with Crippen LogP contribution in [-0.4, -0.2) is 42.6 Å². The Balaban J connectivity index is 0.00000196. The lowest BCUT2D eigenvalue weighted by molar-refractivity contribution is -0.124. The van der Waals surface area contributed by atoms with Crippen LogP contribution in [-0.2, 0) is 22.6 Å². The highest BCUT2D eigenvalue weighted by atomic mass is 35.5. The molecule has 0 radical (unpaired) electrons. The van der Waals surface area contributed by atoms with Crippen LogP contribution in [0.2, 0.25) is 0 Å². The Bertz CT molecular complexity index is 597. The van der Waals surface area contributed by atoms with Crippen molar-refractivity contribution in [2.45, 2.75) is 64.2 Å². The van der Waals surface area contributed by atoms with Gasteiger partial charge in [0, 0.05) is 32.3 Å². The summed E-state index contributed by atoms with van der Waals surface area (Å²) in [6.07, 6.45) is 5.64. The number of halogens is 2. The van der Waals surface area contributed by atoms with E-state index >= 15 is 0 Å². The number of amides is 1. The summed E-state index contributed by atoms with van der Waals surface area (Å²) in [5.41, 5.74) is 8.68. The van der Waals surface area contributed by atoms with Crippen molar-refractivity contribution in [3.05, 3.63) is 35.4 Å². The van der Waals surface area contributed by atoms with Gasteiger partial charge < -0.3 is 15.8 Å². The summed E-state index contributed by atoms with van der Waals surface area (Å²) in [4.78, 5) is 15.0. The number of ether oxygens (including phenoxy) is 1. The number of nitrogens with two attached hydrogens (primary N) is 1. The molecule has 0 spiro atoms. The molecule has 160 valence electrons. The number of carbonyl (C=O) groups excluding carboxylic acids is 1. The van der Waals surface area contributed by atoms with Gasteiger partial charge in [0.25, 0.3) is 0 Å². The van der Waals surface area contributed by atoms with Gasteiger partial charge in [-0.15, -0.1) is 24.8 Å². The van der Waals surface area contributed by atoms with Crippen LogP contribution in [0, 0.1) is 5.92 Å². The molecule has 2 saturated heterocycles. The fourth-order valence-corrected chi connectivity index (χ4v) is 4.08. The lowest BCUT2D eigenvalue weighted by atomic mass is 9.92. The normalized spacial score (nSPS) is 21.9.